The van der Waals surface area contributed by atoms with Crippen LogP contribution < -0.4 is 0 Å². The van der Waals surface area contributed by atoms with E-state index in [9.17, 15) is 4.39 Å². The van der Waals surface area contributed by atoms with Gasteiger partial charge in [-0.1, -0.05) is 12.1 Å². The monoisotopic (exact) mass is 173 g/mol. The molecule has 13 heavy (non-hydrogen) atoms. The van der Waals surface area contributed by atoms with E-state index in [-0.39, 0.29) is 5.82 Å². The number of hydrogen-bond donors (Lipinski definition) is 0. The fourth-order valence-electron chi connectivity index (χ4n) is 1.04. The third kappa shape index (κ3) is 1.69. The minimum atomic E-state index is -0.283. The first-order valence-electron chi connectivity index (χ1n) is 3.80. The molecule has 0 saturated heterocycles. The summed E-state index contributed by atoms with van der Waals surface area (Å²) >= 11 is 0. The van der Waals surface area contributed by atoms with E-state index in [1.165, 1.54) is 24.5 Å². The molecule has 0 N–H and O–H groups in total. The van der Waals surface area contributed by atoms with E-state index in [0.29, 0.717) is 11.4 Å². The number of halogens is 1. The van der Waals surface area contributed by atoms with Crippen LogP contribution in [0.3, 0.4) is 0 Å². The van der Waals surface area contributed by atoms with Crippen molar-refractivity contribution in [2.24, 2.45) is 0 Å². The highest BCUT2D eigenvalue weighted by atomic mass is 19.1. The van der Waals surface area contributed by atoms with Crippen LogP contribution in [0.1, 0.15) is 0 Å². The second-order valence-corrected chi connectivity index (χ2v) is 2.52. The fourth-order valence-corrected chi connectivity index (χ4v) is 1.04. The molecule has 0 amide bonds. The SMILES string of the molecule is Fc1cccc(-c2nc[c]cn2)c1. The van der Waals surface area contributed by atoms with Gasteiger partial charge in [0.2, 0.25) is 0 Å². The van der Waals surface area contributed by atoms with Crippen LogP contribution in [-0.4, -0.2) is 9.97 Å². The Bertz CT molecular complexity index is 401. The normalized spacial score (nSPS) is 9.92. The minimum Gasteiger partial charge on any atom is -0.236 e. The Morgan fingerprint density at radius 1 is 1.15 bits per heavy atom. The van der Waals surface area contributed by atoms with Crippen molar-refractivity contribution in [1.82, 2.24) is 9.97 Å². The van der Waals surface area contributed by atoms with Gasteiger partial charge in [0.25, 0.3) is 0 Å². The van der Waals surface area contributed by atoms with Crippen LogP contribution in [-0.2, 0) is 0 Å². The van der Waals surface area contributed by atoms with Crippen molar-refractivity contribution in [1.29, 1.82) is 0 Å². The quantitative estimate of drug-likeness (QED) is 0.659. The maximum Gasteiger partial charge on any atom is 0.159 e. The lowest BCUT2D eigenvalue weighted by Crippen LogP contribution is -1.87. The van der Waals surface area contributed by atoms with Crippen LogP contribution in [0.4, 0.5) is 4.39 Å². The second-order valence-electron chi connectivity index (χ2n) is 2.52. The standard InChI is InChI=1S/C10H6FN2/c11-9-4-1-3-8(7-9)10-12-5-2-6-13-10/h1,3-7H. The van der Waals surface area contributed by atoms with Crippen LogP contribution in [0, 0.1) is 11.9 Å². The molecule has 2 rings (SSSR count). The first-order valence-corrected chi connectivity index (χ1v) is 3.80. The van der Waals surface area contributed by atoms with Crippen LogP contribution in [0.5, 0.6) is 0 Å². The summed E-state index contributed by atoms with van der Waals surface area (Å²) in [5, 5.41) is 0. The smallest absolute Gasteiger partial charge is 0.159 e. The van der Waals surface area contributed by atoms with Crippen LogP contribution in [0.25, 0.3) is 11.4 Å². The Hall–Kier alpha value is -1.77. The van der Waals surface area contributed by atoms with Gasteiger partial charge in [0, 0.05) is 24.0 Å². The summed E-state index contributed by atoms with van der Waals surface area (Å²) in [4.78, 5) is 7.91. The molecule has 2 aromatic rings. The van der Waals surface area contributed by atoms with E-state index < -0.39 is 0 Å². The molecule has 0 saturated carbocycles. The van der Waals surface area contributed by atoms with E-state index in [4.69, 9.17) is 0 Å². The summed E-state index contributed by atoms with van der Waals surface area (Å²) in [7, 11) is 0. The number of hydrogen-bond acceptors (Lipinski definition) is 2. The van der Waals surface area contributed by atoms with E-state index in [1.807, 2.05) is 0 Å². The molecule has 63 valence electrons. The van der Waals surface area contributed by atoms with Crippen LogP contribution >= 0.6 is 0 Å². The summed E-state index contributed by atoms with van der Waals surface area (Å²) in [5.41, 5.74) is 0.675. The lowest BCUT2D eigenvalue weighted by atomic mass is 10.2. The first-order chi connectivity index (χ1) is 6.36. The molecular formula is C10H6FN2. The fraction of sp³-hybridized carbons (Fsp3) is 0. The first kappa shape index (κ1) is 7.86. The predicted molar refractivity (Wildman–Crippen MR) is 46.3 cm³/mol. The molecule has 1 heterocycles. The largest absolute Gasteiger partial charge is 0.236 e. The zero-order valence-electron chi connectivity index (χ0n) is 6.74. The van der Waals surface area contributed by atoms with E-state index in [1.54, 1.807) is 12.1 Å². The topological polar surface area (TPSA) is 25.8 Å². The maximum atomic E-state index is 12.8. The third-order valence-corrected chi connectivity index (χ3v) is 1.61. The molecule has 1 aromatic carbocycles. The molecule has 0 aliphatic rings. The maximum absolute atomic E-state index is 12.8. The Morgan fingerprint density at radius 2 is 1.92 bits per heavy atom. The van der Waals surface area contributed by atoms with Crippen molar-refractivity contribution in [3.05, 3.63) is 48.5 Å². The molecule has 2 nitrogen and oxygen atoms in total. The number of aromatic nitrogens is 2. The molecule has 0 bridgehead atoms. The second kappa shape index (κ2) is 3.31. The van der Waals surface area contributed by atoms with Gasteiger partial charge in [-0.2, -0.15) is 0 Å². The van der Waals surface area contributed by atoms with Crippen LogP contribution in [0.15, 0.2) is 36.7 Å². The molecule has 0 spiro atoms. The summed E-state index contributed by atoms with van der Waals surface area (Å²) in [6.07, 6.45) is 3.01. The lowest BCUT2D eigenvalue weighted by Gasteiger charge is -1.97. The molecule has 3 heteroatoms. The summed E-state index contributed by atoms with van der Waals surface area (Å²) in [5.74, 6) is 0.229. The number of benzene rings is 1. The van der Waals surface area contributed by atoms with Crippen molar-refractivity contribution in [3.8, 4) is 11.4 Å². The highest BCUT2D eigenvalue weighted by molar-refractivity contribution is 5.53. The van der Waals surface area contributed by atoms with Crippen molar-refractivity contribution >= 4 is 0 Å². The minimum absolute atomic E-state index is 0.283. The molecule has 0 aliphatic heterocycles. The Morgan fingerprint density at radius 3 is 2.62 bits per heavy atom. The van der Waals surface area contributed by atoms with E-state index in [2.05, 4.69) is 16.0 Å². The molecule has 0 atom stereocenters. The van der Waals surface area contributed by atoms with E-state index >= 15 is 0 Å². The highest BCUT2D eigenvalue weighted by Crippen LogP contribution is 2.13. The van der Waals surface area contributed by atoms with Gasteiger partial charge >= 0.3 is 0 Å². The highest BCUT2D eigenvalue weighted by Gasteiger charge is 1.99. The Balaban J connectivity index is 2.48. The van der Waals surface area contributed by atoms with Gasteiger partial charge in [0.15, 0.2) is 5.82 Å². The number of nitrogens with zero attached hydrogens (tertiary/aromatic N) is 2. The van der Waals surface area contributed by atoms with Crippen molar-refractivity contribution in [2.75, 3.05) is 0 Å². The molecule has 0 fully saturated rings. The average molecular weight is 173 g/mol. The molecule has 1 aromatic heterocycles. The predicted octanol–water partition coefficient (Wildman–Crippen LogP) is 2.08. The van der Waals surface area contributed by atoms with E-state index in [0.717, 1.165) is 0 Å². The Kier molecular flexibility index (Phi) is 2.00. The zero-order valence-corrected chi connectivity index (χ0v) is 6.74. The summed E-state index contributed by atoms with van der Waals surface area (Å²) in [6.45, 7) is 0. The Labute approximate surface area is 75.1 Å². The molecule has 0 aliphatic carbocycles. The van der Waals surface area contributed by atoms with Crippen LogP contribution in [0.2, 0.25) is 0 Å². The van der Waals surface area contributed by atoms with Crippen molar-refractivity contribution in [2.45, 2.75) is 0 Å². The molecule has 1 radical (unpaired) electrons. The number of rotatable bonds is 1. The summed E-state index contributed by atoms with van der Waals surface area (Å²) < 4.78 is 12.8. The zero-order chi connectivity index (χ0) is 9.10. The van der Waals surface area contributed by atoms with Gasteiger partial charge < -0.3 is 0 Å². The van der Waals surface area contributed by atoms with Gasteiger partial charge in [-0.15, -0.1) is 0 Å². The van der Waals surface area contributed by atoms with Crippen molar-refractivity contribution < 1.29 is 4.39 Å². The van der Waals surface area contributed by atoms with Gasteiger partial charge in [-0.25, -0.2) is 14.4 Å². The van der Waals surface area contributed by atoms with Gasteiger partial charge in [-0.05, 0) is 12.1 Å². The van der Waals surface area contributed by atoms with Gasteiger partial charge in [-0.3, -0.25) is 0 Å². The third-order valence-electron chi connectivity index (χ3n) is 1.61. The molecular weight excluding hydrogens is 167 g/mol. The van der Waals surface area contributed by atoms with Gasteiger partial charge in [0.1, 0.15) is 5.82 Å². The average Bonchev–Trinajstić information content (AvgIpc) is 2.19. The van der Waals surface area contributed by atoms with Crippen molar-refractivity contribution in [3.63, 3.8) is 0 Å². The van der Waals surface area contributed by atoms with Gasteiger partial charge in [0.05, 0.1) is 0 Å². The molecule has 0 unspecified atom stereocenters. The lowest BCUT2D eigenvalue weighted by molar-refractivity contribution is 0.628. The summed E-state index contributed by atoms with van der Waals surface area (Å²) in [6, 6.07) is 8.88.